The summed E-state index contributed by atoms with van der Waals surface area (Å²) in [5, 5.41) is 25.2. The fourth-order valence-corrected chi connectivity index (χ4v) is 1.85. The second kappa shape index (κ2) is 7.82. The Hall–Kier alpha value is -3.29. The maximum atomic E-state index is 11.9. The molecule has 1 aromatic heterocycles. The molecule has 0 atom stereocenters. The number of phenolic OH excluding ortho intramolecular Hbond substituents is 2. The molecule has 0 aliphatic heterocycles. The Morgan fingerprint density at radius 3 is 2.71 bits per heavy atom. The maximum absolute atomic E-state index is 11.9. The summed E-state index contributed by atoms with van der Waals surface area (Å²) < 4.78 is 5.09. The number of nitrogens with one attached hydrogen (secondary N) is 2. The van der Waals surface area contributed by atoms with Crippen LogP contribution in [0.1, 0.15) is 29.5 Å². The van der Waals surface area contributed by atoms with E-state index in [-0.39, 0.29) is 35.9 Å². The van der Waals surface area contributed by atoms with Crippen LogP contribution in [0.2, 0.25) is 0 Å². The summed E-state index contributed by atoms with van der Waals surface area (Å²) in [6.07, 6.45) is 1.52. The summed E-state index contributed by atoms with van der Waals surface area (Å²) in [6, 6.07) is 7.05. The fourth-order valence-electron chi connectivity index (χ4n) is 1.85. The molecular weight excluding hydrogens is 314 g/mol. The second-order valence-electron chi connectivity index (χ2n) is 5.02. The number of nitrogens with zero attached hydrogens (tertiary/aromatic N) is 1. The van der Waals surface area contributed by atoms with E-state index in [4.69, 9.17) is 4.42 Å². The standard InChI is InChI=1S/C16H17N3O5/c1-10(7-15(22)17-9-12-3-2-6-24-12)18-19-16(23)13-5-4-11(20)8-14(13)21/h2-6,8,20-21H,7,9H2,1H3,(H,17,22)(H,19,23). The predicted molar refractivity (Wildman–Crippen MR) is 85.5 cm³/mol. The van der Waals surface area contributed by atoms with Crippen LogP contribution in [0.15, 0.2) is 46.1 Å². The first kappa shape index (κ1) is 17.1. The van der Waals surface area contributed by atoms with Gasteiger partial charge in [0.2, 0.25) is 5.91 Å². The average Bonchev–Trinajstić information content (AvgIpc) is 3.04. The molecule has 1 heterocycles. The summed E-state index contributed by atoms with van der Waals surface area (Å²) in [5.74, 6) is -0.806. The molecule has 4 N–H and O–H groups in total. The summed E-state index contributed by atoms with van der Waals surface area (Å²) >= 11 is 0. The number of benzene rings is 1. The second-order valence-corrected chi connectivity index (χ2v) is 5.02. The van der Waals surface area contributed by atoms with Crippen molar-refractivity contribution in [2.75, 3.05) is 0 Å². The van der Waals surface area contributed by atoms with Crippen LogP contribution >= 0.6 is 0 Å². The third-order valence-corrected chi connectivity index (χ3v) is 3.03. The van der Waals surface area contributed by atoms with E-state index in [1.165, 1.54) is 18.4 Å². The van der Waals surface area contributed by atoms with Gasteiger partial charge in [-0.3, -0.25) is 9.59 Å². The van der Waals surface area contributed by atoms with Gasteiger partial charge in [0.25, 0.3) is 5.91 Å². The van der Waals surface area contributed by atoms with Gasteiger partial charge in [0.1, 0.15) is 17.3 Å². The quantitative estimate of drug-likeness (QED) is 0.472. The number of hydrazone groups is 1. The number of carbonyl (C=O) groups is 2. The molecule has 24 heavy (non-hydrogen) atoms. The van der Waals surface area contributed by atoms with Crippen LogP contribution in [0.3, 0.4) is 0 Å². The van der Waals surface area contributed by atoms with Crippen LogP contribution in [-0.2, 0) is 11.3 Å². The zero-order chi connectivity index (χ0) is 17.5. The molecule has 0 unspecified atom stereocenters. The number of furan rings is 1. The molecule has 1 aromatic carbocycles. The lowest BCUT2D eigenvalue weighted by molar-refractivity contribution is -0.120. The summed E-state index contributed by atoms with van der Waals surface area (Å²) in [4.78, 5) is 23.6. The van der Waals surface area contributed by atoms with Crippen LogP contribution in [0.4, 0.5) is 0 Å². The molecule has 8 nitrogen and oxygen atoms in total. The Kier molecular flexibility index (Phi) is 5.56. The van der Waals surface area contributed by atoms with Gasteiger partial charge in [-0.25, -0.2) is 5.43 Å². The van der Waals surface area contributed by atoms with E-state index in [0.717, 1.165) is 6.07 Å². The van der Waals surface area contributed by atoms with E-state index in [0.29, 0.717) is 11.5 Å². The summed E-state index contributed by atoms with van der Waals surface area (Å²) in [7, 11) is 0. The smallest absolute Gasteiger partial charge is 0.275 e. The highest BCUT2D eigenvalue weighted by Gasteiger charge is 2.11. The minimum Gasteiger partial charge on any atom is -0.508 e. The fraction of sp³-hybridized carbons (Fsp3) is 0.188. The lowest BCUT2D eigenvalue weighted by Crippen LogP contribution is -2.26. The molecule has 0 aliphatic rings. The number of amides is 2. The van der Waals surface area contributed by atoms with E-state index in [9.17, 15) is 19.8 Å². The number of aromatic hydroxyl groups is 2. The molecule has 2 rings (SSSR count). The number of rotatable bonds is 6. The monoisotopic (exact) mass is 331 g/mol. The van der Waals surface area contributed by atoms with Crippen molar-refractivity contribution >= 4 is 17.5 Å². The molecule has 0 saturated heterocycles. The molecule has 0 bridgehead atoms. The molecule has 2 aromatic rings. The minimum atomic E-state index is -0.650. The van der Waals surface area contributed by atoms with Gasteiger partial charge < -0.3 is 19.9 Å². The molecule has 0 fully saturated rings. The van der Waals surface area contributed by atoms with Crippen molar-refractivity contribution in [2.45, 2.75) is 19.9 Å². The normalized spacial score (nSPS) is 11.1. The van der Waals surface area contributed by atoms with Gasteiger partial charge in [0.05, 0.1) is 24.8 Å². The largest absolute Gasteiger partial charge is 0.508 e. The molecule has 126 valence electrons. The van der Waals surface area contributed by atoms with Crippen molar-refractivity contribution in [3.63, 3.8) is 0 Å². The van der Waals surface area contributed by atoms with Crippen LogP contribution < -0.4 is 10.7 Å². The number of carbonyl (C=O) groups excluding carboxylic acids is 2. The Labute approximate surface area is 137 Å². The molecule has 0 saturated carbocycles. The Balaban J connectivity index is 1.84. The highest BCUT2D eigenvalue weighted by molar-refractivity contribution is 6.01. The van der Waals surface area contributed by atoms with Crippen LogP contribution in [0, 0.1) is 0 Å². The number of hydrogen-bond acceptors (Lipinski definition) is 6. The third-order valence-electron chi connectivity index (χ3n) is 3.03. The van der Waals surface area contributed by atoms with Crippen molar-refractivity contribution in [3.05, 3.63) is 47.9 Å². The lowest BCUT2D eigenvalue weighted by Gasteiger charge is -2.05. The van der Waals surface area contributed by atoms with Crippen LogP contribution in [0.25, 0.3) is 0 Å². The number of phenols is 2. The van der Waals surface area contributed by atoms with Gasteiger partial charge >= 0.3 is 0 Å². The first-order valence-corrected chi connectivity index (χ1v) is 7.10. The Morgan fingerprint density at radius 2 is 2.04 bits per heavy atom. The Bertz CT molecular complexity index is 753. The summed E-state index contributed by atoms with van der Waals surface area (Å²) in [6.45, 7) is 1.86. The van der Waals surface area contributed by atoms with Crippen molar-refractivity contribution in [1.82, 2.24) is 10.7 Å². The van der Waals surface area contributed by atoms with E-state index < -0.39 is 5.91 Å². The van der Waals surface area contributed by atoms with Gasteiger partial charge in [0.15, 0.2) is 0 Å². The van der Waals surface area contributed by atoms with Crippen LogP contribution in [-0.4, -0.2) is 27.7 Å². The van der Waals surface area contributed by atoms with Crippen molar-refractivity contribution in [3.8, 4) is 11.5 Å². The third kappa shape index (κ3) is 4.87. The number of hydrogen-bond donors (Lipinski definition) is 4. The van der Waals surface area contributed by atoms with Gasteiger partial charge in [-0.2, -0.15) is 5.10 Å². The van der Waals surface area contributed by atoms with Crippen molar-refractivity contribution in [1.29, 1.82) is 0 Å². The molecule has 0 aliphatic carbocycles. The average molecular weight is 331 g/mol. The minimum absolute atomic E-state index is 0.00253. The highest BCUT2D eigenvalue weighted by Crippen LogP contribution is 2.22. The maximum Gasteiger partial charge on any atom is 0.275 e. The molecule has 2 amide bonds. The Morgan fingerprint density at radius 1 is 1.25 bits per heavy atom. The SMILES string of the molecule is CC(CC(=O)NCc1ccco1)=NNC(=O)c1ccc(O)cc1O. The van der Waals surface area contributed by atoms with Gasteiger partial charge in [-0.15, -0.1) is 0 Å². The first-order chi connectivity index (χ1) is 11.5. The van der Waals surface area contributed by atoms with Crippen molar-refractivity contribution < 1.29 is 24.2 Å². The molecular formula is C16H17N3O5. The van der Waals surface area contributed by atoms with E-state index in [1.54, 1.807) is 19.1 Å². The molecule has 0 radical (unpaired) electrons. The molecule has 0 spiro atoms. The van der Waals surface area contributed by atoms with Crippen molar-refractivity contribution in [2.24, 2.45) is 5.10 Å². The zero-order valence-corrected chi connectivity index (χ0v) is 12.9. The van der Waals surface area contributed by atoms with E-state index in [2.05, 4.69) is 15.8 Å². The lowest BCUT2D eigenvalue weighted by atomic mass is 10.2. The molecule has 8 heteroatoms. The first-order valence-electron chi connectivity index (χ1n) is 7.10. The van der Waals surface area contributed by atoms with Gasteiger partial charge in [-0.05, 0) is 31.2 Å². The highest BCUT2D eigenvalue weighted by atomic mass is 16.3. The van der Waals surface area contributed by atoms with E-state index >= 15 is 0 Å². The zero-order valence-electron chi connectivity index (χ0n) is 12.9. The van der Waals surface area contributed by atoms with E-state index in [1.807, 2.05) is 0 Å². The topological polar surface area (TPSA) is 124 Å². The summed E-state index contributed by atoms with van der Waals surface area (Å²) in [5.41, 5.74) is 2.59. The van der Waals surface area contributed by atoms with Crippen LogP contribution in [0.5, 0.6) is 11.5 Å². The predicted octanol–water partition coefficient (Wildman–Crippen LogP) is 1.50. The van der Waals surface area contributed by atoms with Gasteiger partial charge in [0, 0.05) is 11.8 Å². The van der Waals surface area contributed by atoms with Gasteiger partial charge in [-0.1, -0.05) is 0 Å².